The first-order valence-electron chi connectivity index (χ1n) is 3.98. The molecule has 5 nitrogen and oxygen atoms in total. The van der Waals surface area contributed by atoms with E-state index in [2.05, 4.69) is 22.6 Å². The fourth-order valence-electron chi connectivity index (χ4n) is 0.548. The molecule has 0 aliphatic heterocycles. The van der Waals surface area contributed by atoms with Gasteiger partial charge in [-0.2, -0.15) is 0 Å². The summed E-state index contributed by atoms with van der Waals surface area (Å²) < 4.78 is 9.27. The lowest BCUT2D eigenvalue weighted by Crippen LogP contribution is -2.15. The highest BCUT2D eigenvalue weighted by Gasteiger charge is 2.03. The topological polar surface area (TPSA) is 78.6 Å². The van der Waals surface area contributed by atoms with Crippen LogP contribution in [0, 0.1) is 0 Å². The van der Waals surface area contributed by atoms with Crippen molar-refractivity contribution in [3.05, 3.63) is 24.9 Å². The van der Waals surface area contributed by atoms with Gasteiger partial charge in [0.05, 0.1) is 13.2 Å². The van der Waals surface area contributed by atoms with Gasteiger partial charge in [0.25, 0.3) is 0 Å². The molecule has 0 saturated heterocycles. The molecular weight excluding hydrogens is 186 g/mol. The number of nitrogens with two attached hydrogens (primary N) is 1. The molecule has 0 saturated carbocycles. The lowest BCUT2D eigenvalue weighted by molar-refractivity contribution is -0.140. The molecule has 0 amide bonds. The third-order valence-corrected chi connectivity index (χ3v) is 1.20. The SMILES string of the molecule is C=CC(=O)OCCCOC(=O)C(=C)N. The van der Waals surface area contributed by atoms with Crippen LogP contribution in [0.25, 0.3) is 0 Å². The summed E-state index contributed by atoms with van der Waals surface area (Å²) in [5, 5.41) is 0. The van der Waals surface area contributed by atoms with Gasteiger partial charge in [-0.15, -0.1) is 0 Å². The second-order valence-electron chi connectivity index (χ2n) is 2.39. The standard InChI is InChI=1S/C9H13NO4/c1-3-8(11)13-5-4-6-14-9(12)7(2)10/h3H,1-2,4-6,10H2. The van der Waals surface area contributed by atoms with Crippen molar-refractivity contribution in [3.63, 3.8) is 0 Å². The Bertz CT molecular complexity index is 247. The molecule has 0 spiro atoms. The zero-order valence-corrected chi connectivity index (χ0v) is 7.82. The van der Waals surface area contributed by atoms with Crippen molar-refractivity contribution in [2.24, 2.45) is 5.73 Å². The highest BCUT2D eigenvalue weighted by atomic mass is 16.5. The molecule has 0 aromatic rings. The Morgan fingerprint density at radius 2 is 1.86 bits per heavy atom. The Balaban J connectivity index is 3.38. The first-order valence-corrected chi connectivity index (χ1v) is 3.98. The number of ether oxygens (including phenoxy) is 2. The molecule has 2 N–H and O–H groups in total. The lowest BCUT2D eigenvalue weighted by Gasteiger charge is -2.03. The van der Waals surface area contributed by atoms with Gasteiger partial charge in [0, 0.05) is 12.5 Å². The van der Waals surface area contributed by atoms with Gasteiger partial charge in [-0.3, -0.25) is 0 Å². The molecular formula is C9H13NO4. The summed E-state index contributed by atoms with van der Waals surface area (Å²) in [6.45, 7) is 6.74. The van der Waals surface area contributed by atoms with Crippen molar-refractivity contribution in [1.29, 1.82) is 0 Å². The second kappa shape index (κ2) is 6.71. The van der Waals surface area contributed by atoms with Crippen molar-refractivity contribution >= 4 is 11.9 Å². The smallest absolute Gasteiger partial charge is 0.353 e. The predicted octanol–water partition coefficient (Wildman–Crippen LogP) is 0.121. The highest BCUT2D eigenvalue weighted by molar-refractivity contribution is 5.86. The van der Waals surface area contributed by atoms with Gasteiger partial charge in [0.2, 0.25) is 0 Å². The Labute approximate surface area is 82.2 Å². The molecule has 0 aliphatic rings. The maximum absolute atomic E-state index is 10.7. The minimum absolute atomic E-state index is 0.138. The molecule has 0 heterocycles. The van der Waals surface area contributed by atoms with Gasteiger partial charge in [0.15, 0.2) is 0 Å². The maximum atomic E-state index is 10.7. The number of carbonyl (C=O) groups is 2. The average Bonchev–Trinajstić information content (AvgIpc) is 2.16. The minimum atomic E-state index is -0.653. The van der Waals surface area contributed by atoms with Crippen LogP contribution < -0.4 is 5.73 Å². The number of rotatable bonds is 6. The summed E-state index contributed by atoms with van der Waals surface area (Å²) >= 11 is 0. The van der Waals surface area contributed by atoms with Gasteiger partial charge < -0.3 is 15.2 Å². The fourth-order valence-corrected chi connectivity index (χ4v) is 0.548. The second-order valence-corrected chi connectivity index (χ2v) is 2.39. The Hall–Kier alpha value is -1.78. The molecule has 78 valence electrons. The predicted molar refractivity (Wildman–Crippen MR) is 50.1 cm³/mol. The Morgan fingerprint density at radius 3 is 2.36 bits per heavy atom. The molecule has 0 unspecified atom stereocenters. The average molecular weight is 199 g/mol. The van der Waals surface area contributed by atoms with Crippen LogP contribution in [0.4, 0.5) is 0 Å². The van der Waals surface area contributed by atoms with Gasteiger partial charge in [-0.25, -0.2) is 9.59 Å². The molecule has 5 heteroatoms. The van der Waals surface area contributed by atoms with Crippen LogP contribution in [0.3, 0.4) is 0 Å². The zero-order valence-electron chi connectivity index (χ0n) is 7.82. The van der Waals surface area contributed by atoms with Gasteiger partial charge >= 0.3 is 11.9 Å². The fraction of sp³-hybridized carbons (Fsp3) is 0.333. The van der Waals surface area contributed by atoms with E-state index < -0.39 is 11.9 Å². The minimum Gasteiger partial charge on any atom is -0.462 e. The van der Waals surface area contributed by atoms with E-state index >= 15 is 0 Å². The van der Waals surface area contributed by atoms with E-state index in [9.17, 15) is 9.59 Å². The molecule has 0 bridgehead atoms. The number of hydrogen-bond acceptors (Lipinski definition) is 5. The monoisotopic (exact) mass is 199 g/mol. The van der Waals surface area contributed by atoms with Gasteiger partial charge in [0.1, 0.15) is 5.70 Å². The summed E-state index contributed by atoms with van der Waals surface area (Å²) in [5.74, 6) is -1.15. The van der Waals surface area contributed by atoms with Crippen molar-refractivity contribution < 1.29 is 19.1 Å². The third kappa shape index (κ3) is 5.82. The molecule has 0 rings (SSSR count). The molecule has 0 atom stereocenters. The van der Waals surface area contributed by atoms with Crippen molar-refractivity contribution in [1.82, 2.24) is 0 Å². The first-order chi connectivity index (χ1) is 6.57. The molecule has 0 aromatic heterocycles. The molecule has 14 heavy (non-hydrogen) atoms. The molecule has 0 aliphatic carbocycles. The summed E-state index contributed by atoms with van der Waals surface area (Å²) in [6.07, 6.45) is 1.48. The van der Waals surface area contributed by atoms with E-state index in [0.29, 0.717) is 6.42 Å². The van der Waals surface area contributed by atoms with Crippen molar-refractivity contribution in [3.8, 4) is 0 Å². The van der Waals surface area contributed by atoms with Crippen LogP contribution >= 0.6 is 0 Å². The summed E-state index contributed by atoms with van der Waals surface area (Å²) in [7, 11) is 0. The van der Waals surface area contributed by atoms with Crippen LogP contribution in [-0.2, 0) is 19.1 Å². The van der Waals surface area contributed by atoms with Crippen LogP contribution in [0.15, 0.2) is 24.9 Å². The van der Waals surface area contributed by atoms with E-state index in [1.807, 2.05) is 0 Å². The number of esters is 2. The van der Waals surface area contributed by atoms with E-state index in [1.165, 1.54) is 0 Å². The summed E-state index contributed by atoms with van der Waals surface area (Å²) in [4.78, 5) is 21.3. The highest BCUT2D eigenvalue weighted by Crippen LogP contribution is 1.90. The van der Waals surface area contributed by atoms with Crippen LogP contribution in [0.2, 0.25) is 0 Å². The molecule has 0 radical (unpaired) electrons. The van der Waals surface area contributed by atoms with E-state index in [1.54, 1.807) is 0 Å². The number of hydrogen-bond donors (Lipinski definition) is 1. The quantitative estimate of drug-likeness (QED) is 0.373. The number of carbonyl (C=O) groups excluding carboxylic acids is 2. The van der Waals surface area contributed by atoms with Crippen molar-refractivity contribution in [2.45, 2.75) is 6.42 Å². The van der Waals surface area contributed by atoms with Crippen molar-refractivity contribution in [2.75, 3.05) is 13.2 Å². The summed E-state index contributed by atoms with van der Waals surface area (Å²) in [5.41, 5.74) is 4.91. The van der Waals surface area contributed by atoms with Gasteiger partial charge in [-0.05, 0) is 0 Å². The molecule has 0 aromatic carbocycles. The zero-order chi connectivity index (χ0) is 11.0. The Kier molecular flexibility index (Phi) is 5.85. The van der Waals surface area contributed by atoms with Crippen LogP contribution in [-0.4, -0.2) is 25.2 Å². The van der Waals surface area contributed by atoms with Crippen LogP contribution in [0.5, 0.6) is 0 Å². The lowest BCUT2D eigenvalue weighted by atomic mass is 10.5. The third-order valence-electron chi connectivity index (χ3n) is 1.20. The maximum Gasteiger partial charge on any atom is 0.353 e. The molecule has 0 fully saturated rings. The Morgan fingerprint density at radius 1 is 1.29 bits per heavy atom. The van der Waals surface area contributed by atoms with E-state index in [-0.39, 0.29) is 18.9 Å². The van der Waals surface area contributed by atoms with Gasteiger partial charge in [-0.1, -0.05) is 13.2 Å². The first kappa shape index (κ1) is 12.2. The van der Waals surface area contributed by atoms with E-state index in [4.69, 9.17) is 5.73 Å². The van der Waals surface area contributed by atoms with Crippen LogP contribution in [0.1, 0.15) is 6.42 Å². The summed E-state index contributed by atoms with van der Waals surface area (Å²) in [6, 6.07) is 0. The normalized spacial score (nSPS) is 8.86. The van der Waals surface area contributed by atoms with E-state index in [0.717, 1.165) is 6.08 Å². The largest absolute Gasteiger partial charge is 0.462 e.